The van der Waals surface area contributed by atoms with E-state index in [9.17, 15) is 9.18 Å². The van der Waals surface area contributed by atoms with Gasteiger partial charge in [-0.2, -0.15) is 0 Å². The predicted octanol–water partition coefficient (Wildman–Crippen LogP) is 3.66. The van der Waals surface area contributed by atoms with E-state index in [2.05, 4.69) is 20.6 Å². The van der Waals surface area contributed by atoms with Crippen LogP contribution in [0.3, 0.4) is 0 Å². The quantitative estimate of drug-likeness (QED) is 0.191. The van der Waals surface area contributed by atoms with E-state index in [1.807, 2.05) is 18.3 Å². The second-order valence-corrected chi connectivity index (χ2v) is 6.62. The summed E-state index contributed by atoms with van der Waals surface area (Å²) in [6, 6.07) is 12.1. The SMILES string of the molecule is CN=C(NCCc1ccc(C(=O)OC)cc1)NCCc1c[nH]c2ccc(F)cc12.I. The fraction of sp³-hybridized carbons (Fsp3) is 0.273. The zero-order valence-corrected chi connectivity index (χ0v) is 19.3. The first-order valence-electron chi connectivity index (χ1n) is 9.48. The summed E-state index contributed by atoms with van der Waals surface area (Å²) in [6.07, 6.45) is 3.46. The highest BCUT2D eigenvalue weighted by molar-refractivity contribution is 14.0. The Balaban J connectivity index is 0.00000320. The van der Waals surface area contributed by atoms with Gasteiger partial charge in [-0.25, -0.2) is 9.18 Å². The largest absolute Gasteiger partial charge is 0.465 e. The molecule has 1 heterocycles. The first kappa shape index (κ1) is 23.7. The number of nitrogens with one attached hydrogen (secondary N) is 3. The molecule has 160 valence electrons. The maximum Gasteiger partial charge on any atom is 0.337 e. The number of hydrogen-bond donors (Lipinski definition) is 3. The zero-order valence-electron chi connectivity index (χ0n) is 17.0. The Kier molecular flexibility index (Phi) is 9.10. The summed E-state index contributed by atoms with van der Waals surface area (Å²) in [7, 11) is 3.09. The number of aromatic amines is 1. The molecule has 0 bridgehead atoms. The van der Waals surface area contributed by atoms with E-state index in [0.29, 0.717) is 24.6 Å². The minimum atomic E-state index is -0.336. The van der Waals surface area contributed by atoms with Crippen LogP contribution in [-0.2, 0) is 17.6 Å². The molecular weight excluding hydrogens is 498 g/mol. The van der Waals surface area contributed by atoms with Crippen molar-refractivity contribution in [2.24, 2.45) is 4.99 Å². The number of ether oxygens (including phenoxy) is 1. The van der Waals surface area contributed by atoms with Gasteiger partial charge in [-0.3, -0.25) is 4.99 Å². The number of carbonyl (C=O) groups is 1. The smallest absolute Gasteiger partial charge is 0.337 e. The number of aliphatic imine (C=N–C) groups is 1. The molecule has 0 fully saturated rings. The van der Waals surface area contributed by atoms with Gasteiger partial charge < -0.3 is 20.4 Å². The van der Waals surface area contributed by atoms with Crippen LogP contribution in [0.5, 0.6) is 0 Å². The molecule has 3 aromatic rings. The molecule has 0 spiro atoms. The summed E-state index contributed by atoms with van der Waals surface area (Å²) in [6.45, 7) is 1.38. The molecule has 0 unspecified atom stereocenters. The Hall–Kier alpha value is -2.62. The fourth-order valence-corrected chi connectivity index (χ4v) is 3.14. The highest BCUT2D eigenvalue weighted by atomic mass is 127. The van der Waals surface area contributed by atoms with Crippen molar-refractivity contribution in [3.63, 3.8) is 0 Å². The van der Waals surface area contributed by atoms with Crippen LogP contribution < -0.4 is 10.6 Å². The van der Waals surface area contributed by atoms with E-state index >= 15 is 0 Å². The predicted molar refractivity (Wildman–Crippen MR) is 128 cm³/mol. The molecule has 2 aromatic carbocycles. The molecule has 0 radical (unpaired) electrons. The average Bonchev–Trinajstić information content (AvgIpc) is 3.14. The Morgan fingerprint density at radius 1 is 1.10 bits per heavy atom. The van der Waals surface area contributed by atoms with Crippen LogP contribution in [0, 0.1) is 5.82 Å². The molecule has 0 saturated heterocycles. The third-order valence-electron chi connectivity index (χ3n) is 4.72. The lowest BCUT2D eigenvalue weighted by atomic mass is 10.1. The summed E-state index contributed by atoms with van der Waals surface area (Å²) in [4.78, 5) is 18.9. The minimum absolute atomic E-state index is 0. The maximum absolute atomic E-state index is 13.5. The monoisotopic (exact) mass is 524 g/mol. The van der Waals surface area contributed by atoms with Crippen molar-refractivity contribution in [3.05, 3.63) is 71.2 Å². The molecule has 0 amide bonds. The van der Waals surface area contributed by atoms with Gasteiger partial charge in [-0.1, -0.05) is 12.1 Å². The van der Waals surface area contributed by atoms with Gasteiger partial charge in [-0.15, -0.1) is 24.0 Å². The third kappa shape index (κ3) is 6.19. The Morgan fingerprint density at radius 2 is 1.80 bits per heavy atom. The van der Waals surface area contributed by atoms with Crippen LogP contribution in [0.2, 0.25) is 0 Å². The van der Waals surface area contributed by atoms with Crippen LogP contribution in [0.1, 0.15) is 21.5 Å². The van der Waals surface area contributed by atoms with Crippen molar-refractivity contribution < 1.29 is 13.9 Å². The first-order valence-corrected chi connectivity index (χ1v) is 9.48. The Labute approximate surface area is 192 Å². The summed E-state index contributed by atoms with van der Waals surface area (Å²) >= 11 is 0. The Morgan fingerprint density at radius 3 is 2.47 bits per heavy atom. The number of guanidine groups is 1. The van der Waals surface area contributed by atoms with Crippen molar-refractivity contribution >= 4 is 46.8 Å². The summed E-state index contributed by atoms with van der Waals surface area (Å²) in [5, 5.41) is 7.45. The molecule has 0 saturated carbocycles. The second-order valence-electron chi connectivity index (χ2n) is 6.62. The van der Waals surface area contributed by atoms with Gasteiger partial charge in [0.1, 0.15) is 5.82 Å². The van der Waals surface area contributed by atoms with Crippen molar-refractivity contribution in [1.82, 2.24) is 15.6 Å². The van der Waals surface area contributed by atoms with Crippen LogP contribution in [0.25, 0.3) is 10.9 Å². The molecule has 0 atom stereocenters. The van der Waals surface area contributed by atoms with Gasteiger partial charge in [0.05, 0.1) is 12.7 Å². The molecule has 0 aliphatic heterocycles. The minimum Gasteiger partial charge on any atom is -0.465 e. The lowest BCUT2D eigenvalue weighted by Crippen LogP contribution is -2.39. The highest BCUT2D eigenvalue weighted by Gasteiger charge is 2.06. The Bertz CT molecular complexity index is 1000. The molecule has 6 nitrogen and oxygen atoms in total. The topological polar surface area (TPSA) is 78.5 Å². The number of aromatic nitrogens is 1. The fourth-order valence-electron chi connectivity index (χ4n) is 3.14. The van der Waals surface area contributed by atoms with Gasteiger partial charge >= 0.3 is 5.97 Å². The number of H-pyrrole nitrogens is 1. The van der Waals surface area contributed by atoms with Crippen LogP contribution in [0.4, 0.5) is 4.39 Å². The van der Waals surface area contributed by atoms with E-state index in [-0.39, 0.29) is 35.8 Å². The number of fused-ring (bicyclic) bond motifs is 1. The molecule has 0 aliphatic rings. The van der Waals surface area contributed by atoms with Gasteiger partial charge in [-0.05, 0) is 54.3 Å². The molecule has 3 rings (SSSR count). The van der Waals surface area contributed by atoms with E-state index < -0.39 is 0 Å². The van der Waals surface area contributed by atoms with E-state index in [1.54, 1.807) is 31.3 Å². The number of halogens is 2. The summed E-state index contributed by atoms with van der Waals surface area (Å²) in [5.41, 5.74) is 3.65. The lowest BCUT2D eigenvalue weighted by molar-refractivity contribution is 0.0600. The average molecular weight is 524 g/mol. The van der Waals surface area contributed by atoms with Crippen LogP contribution in [-0.4, -0.2) is 44.2 Å². The normalized spacial score (nSPS) is 11.1. The van der Waals surface area contributed by atoms with Crippen molar-refractivity contribution in [1.29, 1.82) is 0 Å². The van der Waals surface area contributed by atoms with Crippen molar-refractivity contribution in [2.75, 3.05) is 27.2 Å². The number of rotatable bonds is 7. The van der Waals surface area contributed by atoms with Crippen molar-refractivity contribution in [2.45, 2.75) is 12.8 Å². The second kappa shape index (κ2) is 11.5. The first-order chi connectivity index (χ1) is 14.1. The lowest BCUT2D eigenvalue weighted by Gasteiger charge is -2.12. The van der Waals surface area contributed by atoms with Crippen LogP contribution >= 0.6 is 24.0 Å². The highest BCUT2D eigenvalue weighted by Crippen LogP contribution is 2.19. The molecule has 3 N–H and O–H groups in total. The summed E-state index contributed by atoms with van der Waals surface area (Å²) < 4.78 is 18.2. The van der Waals surface area contributed by atoms with Gasteiger partial charge in [0.2, 0.25) is 0 Å². The molecule has 0 aliphatic carbocycles. The van der Waals surface area contributed by atoms with E-state index in [1.165, 1.54) is 13.2 Å². The van der Waals surface area contributed by atoms with E-state index in [4.69, 9.17) is 4.74 Å². The zero-order chi connectivity index (χ0) is 20.6. The summed E-state index contributed by atoms with van der Waals surface area (Å²) in [5.74, 6) is 0.142. The number of nitrogens with zero attached hydrogens (tertiary/aromatic N) is 1. The maximum atomic E-state index is 13.5. The van der Waals surface area contributed by atoms with Crippen molar-refractivity contribution in [3.8, 4) is 0 Å². The van der Waals surface area contributed by atoms with E-state index in [0.717, 1.165) is 34.9 Å². The number of hydrogen-bond acceptors (Lipinski definition) is 3. The molecule has 1 aromatic heterocycles. The van der Waals surface area contributed by atoms with Gasteiger partial charge in [0.15, 0.2) is 5.96 Å². The molecular formula is C22H26FIN4O2. The molecule has 8 heteroatoms. The van der Waals surface area contributed by atoms with Crippen LogP contribution in [0.15, 0.2) is 53.7 Å². The standard InChI is InChI=1S/C22H25FN4O2.HI/c1-24-22(25-11-9-15-3-5-16(6-4-15)21(28)29-2)26-12-10-17-14-27-20-8-7-18(23)13-19(17)20;/h3-8,13-14,27H,9-12H2,1-2H3,(H2,24,25,26);1H. The van der Waals surface area contributed by atoms with Gasteiger partial charge in [0, 0.05) is 37.2 Å². The third-order valence-corrected chi connectivity index (χ3v) is 4.72. The number of esters is 1. The molecule has 30 heavy (non-hydrogen) atoms. The van der Waals surface area contributed by atoms with Gasteiger partial charge in [0.25, 0.3) is 0 Å². The number of carbonyl (C=O) groups excluding carboxylic acids is 1. The number of benzene rings is 2. The number of methoxy groups -OCH3 is 1.